The Kier molecular flexibility index (Phi) is 6.33. The highest BCUT2D eigenvalue weighted by Crippen LogP contribution is 2.11. The lowest BCUT2D eigenvalue weighted by atomic mass is 10.2. The zero-order valence-corrected chi connectivity index (χ0v) is 12.2. The van der Waals surface area contributed by atoms with E-state index >= 15 is 0 Å². The molecule has 4 N–H and O–H groups in total. The first-order valence-corrected chi connectivity index (χ1v) is 6.74. The molecule has 1 heterocycles. The van der Waals surface area contributed by atoms with E-state index in [0.717, 1.165) is 18.3 Å². The molecule has 0 saturated heterocycles. The van der Waals surface area contributed by atoms with Gasteiger partial charge in [0.25, 0.3) is 0 Å². The van der Waals surface area contributed by atoms with Crippen LogP contribution in [0.2, 0.25) is 0 Å². The lowest BCUT2D eigenvalue weighted by Gasteiger charge is -2.05. The SMILES string of the molecule is Cl.NC(=O)c1ccc(NC(=O)CSC2=NCCN2)cc1. The summed E-state index contributed by atoms with van der Waals surface area (Å²) in [6.07, 6.45) is 0. The van der Waals surface area contributed by atoms with Crippen LogP contribution in [0.4, 0.5) is 5.69 Å². The average Bonchev–Trinajstić information content (AvgIpc) is 2.90. The maximum atomic E-state index is 11.7. The van der Waals surface area contributed by atoms with Crippen LogP contribution in [0.1, 0.15) is 10.4 Å². The second kappa shape index (κ2) is 7.76. The molecule has 0 aliphatic carbocycles. The van der Waals surface area contributed by atoms with Crippen molar-refractivity contribution in [2.45, 2.75) is 0 Å². The predicted octanol–water partition coefficient (Wildman–Crippen LogP) is 0.838. The van der Waals surface area contributed by atoms with Gasteiger partial charge in [0.15, 0.2) is 5.17 Å². The number of nitrogens with one attached hydrogen (secondary N) is 2. The van der Waals surface area contributed by atoms with Crippen LogP contribution in [-0.2, 0) is 4.79 Å². The molecule has 0 atom stereocenters. The summed E-state index contributed by atoms with van der Waals surface area (Å²) in [5.74, 6) is -0.310. The molecule has 0 bridgehead atoms. The van der Waals surface area contributed by atoms with E-state index in [-0.39, 0.29) is 18.3 Å². The number of carbonyl (C=O) groups is 2. The van der Waals surface area contributed by atoms with E-state index in [2.05, 4.69) is 15.6 Å². The molecule has 8 heteroatoms. The molecule has 20 heavy (non-hydrogen) atoms. The average molecular weight is 315 g/mol. The van der Waals surface area contributed by atoms with Gasteiger partial charge in [-0.05, 0) is 24.3 Å². The van der Waals surface area contributed by atoms with Gasteiger partial charge in [-0.3, -0.25) is 14.6 Å². The van der Waals surface area contributed by atoms with E-state index in [0.29, 0.717) is 17.0 Å². The van der Waals surface area contributed by atoms with Gasteiger partial charge in [-0.25, -0.2) is 0 Å². The number of carbonyl (C=O) groups excluding carboxylic acids is 2. The molecule has 2 amide bonds. The number of benzene rings is 1. The minimum absolute atomic E-state index is 0. The van der Waals surface area contributed by atoms with Gasteiger partial charge in [0.05, 0.1) is 12.3 Å². The number of nitrogens with two attached hydrogens (primary N) is 1. The van der Waals surface area contributed by atoms with E-state index in [1.54, 1.807) is 24.3 Å². The monoisotopic (exact) mass is 314 g/mol. The molecule has 0 aromatic heterocycles. The van der Waals surface area contributed by atoms with Crippen molar-refractivity contribution in [3.63, 3.8) is 0 Å². The lowest BCUT2D eigenvalue weighted by molar-refractivity contribution is -0.113. The largest absolute Gasteiger partial charge is 0.366 e. The number of hydrogen-bond donors (Lipinski definition) is 3. The quantitative estimate of drug-likeness (QED) is 0.767. The van der Waals surface area contributed by atoms with Crippen LogP contribution in [0.3, 0.4) is 0 Å². The van der Waals surface area contributed by atoms with Crippen molar-refractivity contribution >= 4 is 46.8 Å². The van der Waals surface area contributed by atoms with Crippen molar-refractivity contribution in [3.05, 3.63) is 29.8 Å². The molecule has 1 aliphatic heterocycles. The van der Waals surface area contributed by atoms with Crippen LogP contribution < -0.4 is 16.4 Å². The maximum Gasteiger partial charge on any atom is 0.248 e. The minimum Gasteiger partial charge on any atom is -0.366 e. The van der Waals surface area contributed by atoms with E-state index in [1.165, 1.54) is 11.8 Å². The zero-order chi connectivity index (χ0) is 13.7. The minimum atomic E-state index is -0.487. The van der Waals surface area contributed by atoms with E-state index in [9.17, 15) is 9.59 Å². The highest BCUT2D eigenvalue weighted by molar-refractivity contribution is 8.14. The third-order valence-electron chi connectivity index (χ3n) is 2.44. The number of amidine groups is 1. The number of aliphatic imine (C=N–C) groups is 1. The summed E-state index contributed by atoms with van der Waals surface area (Å²) in [5.41, 5.74) is 6.18. The number of nitrogens with zero attached hydrogens (tertiary/aromatic N) is 1. The van der Waals surface area contributed by atoms with Crippen LogP contribution in [0.25, 0.3) is 0 Å². The first-order chi connectivity index (χ1) is 9.15. The first kappa shape index (κ1) is 16.3. The van der Waals surface area contributed by atoms with Crippen molar-refractivity contribution in [1.29, 1.82) is 0 Å². The highest BCUT2D eigenvalue weighted by Gasteiger charge is 2.09. The molecule has 0 unspecified atom stereocenters. The van der Waals surface area contributed by atoms with Crippen molar-refractivity contribution in [2.24, 2.45) is 10.7 Å². The lowest BCUT2D eigenvalue weighted by Crippen LogP contribution is -2.20. The summed E-state index contributed by atoms with van der Waals surface area (Å²) >= 11 is 1.37. The molecule has 2 rings (SSSR count). The van der Waals surface area contributed by atoms with Gasteiger partial charge in [0.1, 0.15) is 0 Å². The second-order valence-corrected chi connectivity index (χ2v) is 4.86. The van der Waals surface area contributed by atoms with Crippen LogP contribution in [0.15, 0.2) is 29.3 Å². The van der Waals surface area contributed by atoms with Gasteiger partial charge in [-0.15, -0.1) is 12.4 Å². The van der Waals surface area contributed by atoms with E-state index in [4.69, 9.17) is 5.73 Å². The summed E-state index contributed by atoms with van der Waals surface area (Å²) < 4.78 is 0. The Morgan fingerprint density at radius 2 is 2.05 bits per heavy atom. The first-order valence-electron chi connectivity index (χ1n) is 5.76. The van der Waals surface area contributed by atoms with Gasteiger partial charge in [0.2, 0.25) is 11.8 Å². The number of primary amides is 1. The summed E-state index contributed by atoms with van der Waals surface area (Å²) in [5, 5.41) is 6.62. The Morgan fingerprint density at radius 1 is 1.35 bits per heavy atom. The van der Waals surface area contributed by atoms with Crippen LogP contribution in [0.5, 0.6) is 0 Å². The predicted molar refractivity (Wildman–Crippen MR) is 83.6 cm³/mol. The Labute approximate surface area is 127 Å². The number of halogens is 1. The number of rotatable bonds is 4. The summed E-state index contributed by atoms with van der Waals surface area (Å²) in [6.45, 7) is 1.59. The van der Waals surface area contributed by atoms with Gasteiger partial charge < -0.3 is 16.4 Å². The fraction of sp³-hybridized carbons (Fsp3) is 0.250. The summed E-state index contributed by atoms with van der Waals surface area (Å²) in [4.78, 5) is 26.8. The number of anilines is 1. The Hall–Kier alpha value is -1.73. The third-order valence-corrected chi connectivity index (χ3v) is 3.39. The van der Waals surface area contributed by atoms with E-state index < -0.39 is 5.91 Å². The second-order valence-electron chi connectivity index (χ2n) is 3.89. The Balaban J connectivity index is 0.00000200. The van der Waals surface area contributed by atoms with Gasteiger partial charge in [-0.1, -0.05) is 11.8 Å². The molecule has 0 spiro atoms. The molecule has 1 aliphatic rings. The standard InChI is InChI=1S/C12H14N4O2S.ClH/c13-11(18)8-1-3-9(4-2-8)16-10(17)7-19-12-14-5-6-15-12;/h1-4H,5-7H2,(H2,13,18)(H,14,15)(H,16,17);1H. The Bertz CT molecular complexity index is 519. The molecule has 1 aromatic carbocycles. The Morgan fingerprint density at radius 3 is 2.60 bits per heavy atom. The molecular weight excluding hydrogens is 300 g/mol. The molecular formula is C12H15ClN4O2S. The molecule has 0 fully saturated rings. The fourth-order valence-corrected chi connectivity index (χ4v) is 2.25. The summed E-state index contributed by atoms with van der Waals surface area (Å²) in [6, 6.07) is 6.45. The van der Waals surface area contributed by atoms with Gasteiger partial charge in [0, 0.05) is 17.8 Å². The smallest absolute Gasteiger partial charge is 0.248 e. The number of amides is 2. The highest BCUT2D eigenvalue weighted by atomic mass is 35.5. The van der Waals surface area contributed by atoms with Crippen molar-refractivity contribution in [2.75, 3.05) is 24.2 Å². The molecule has 6 nitrogen and oxygen atoms in total. The van der Waals surface area contributed by atoms with Crippen molar-refractivity contribution in [3.8, 4) is 0 Å². The zero-order valence-electron chi connectivity index (χ0n) is 10.6. The summed E-state index contributed by atoms with van der Waals surface area (Å²) in [7, 11) is 0. The number of thioether (sulfide) groups is 1. The number of hydrogen-bond acceptors (Lipinski definition) is 5. The molecule has 108 valence electrons. The van der Waals surface area contributed by atoms with Crippen molar-refractivity contribution < 1.29 is 9.59 Å². The normalized spacial score (nSPS) is 12.9. The molecule has 1 aromatic rings. The molecule has 0 saturated carbocycles. The van der Waals surface area contributed by atoms with Crippen molar-refractivity contribution in [1.82, 2.24) is 5.32 Å². The van der Waals surface area contributed by atoms with E-state index in [1.807, 2.05) is 0 Å². The fourth-order valence-electron chi connectivity index (χ4n) is 1.52. The third kappa shape index (κ3) is 4.75. The van der Waals surface area contributed by atoms with Gasteiger partial charge >= 0.3 is 0 Å². The molecule has 0 radical (unpaired) electrons. The van der Waals surface area contributed by atoms with Crippen LogP contribution >= 0.6 is 24.2 Å². The topological polar surface area (TPSA) is 96.6 Å². The maximum absolute atomic E-state index is 11.7. The van der Waals surface area contributed by atoms with Crippen LogP contribution in [-0.4, -0.2) is 35.8 Å². The van der Waals surface area contributed by atoms with Gasteiger partial charge in [-0.2, -0.15) is 0 Å². The van der Waals surface area contributed by atoms with Crippen LogP contribution in [0, 0.1) is 0 Å².